The molecule has 47 heavy (non-hydrogen) atoms. The predicted molar refractivity (Wildman–Crippen MR) is 191 cm³/mol. The number of H-pyrrole nitrogens is 1. The van der Waals surface area contributed by atoms with E-state index in [1.54, 1.807) is 0 Å². The van der Waals surface area contributed by atoms with Gasteiger partial charge in [0.1, 0.15) is 0 Å². The Morgan fingerprint density at radius 3 is 1.98 bits per heavy atom. The quantitative estimate of drug-likeness (QED) is 0.217. The van der Waals surface area contributed by atoms with Gasteiger partial charge in [-0.05, 0) is 88.3 Å². The van der Waals surface area contributed by atoms with Crippen molar-refractivity contribution in [1.29, 1.82) is 0 Å². The molecule has 0 radical (unpaired) electrons. The third-order valence-corrected chi connectivity index (χ3v) is 10.3. The van der Waals surface area contributed by atoms with E-state index in [9.17, 15) is 0 Å². The number of aryl methyl sites for hydroxylation is 1. The minimum Gasteiger partial charge on any atom is -0.310 e. The van der Waals surface area contributed by atoms with E-state index in [1.165, 1.54) is 50.3 Å². The second-order valence-corrected chi connectivity index (χ2v) is 13.3. The molecule has 3 heterocycles. The fourth-order valence-corrected chi connectivity index (χ4v) is 8.15. The number of para-hydroxylation sites is 1. The van der Waals surface area contributed by atoms with Crippen molar-refractivity contribution in [2.45, 2.75) is 31.6 Å². The van der Waals surface area contributed by atoms with E-state index in [0.717, 1.165) is 28.3 Å². The van der Waals surface area contributed by atoms with E-state index in [2.05, 4.69) is 162 Å². The molecule has 0 fully saturated rings. The zero-order valence-corrected chi connectivity index (χ0v) is 26.7. The van der Waals surface area contributed by atoms with Gasteiger partial charge < -0.3 is 4.90 Å². The second kappa shape index (κ2) is 10.1. The number of fused-ring (bicyclic) bond motifs is 5. The Morgan fingerprint density at radius 1 is 0.596 bits per heavy atom. The molecule has 1 aliphatic heterocycles. The van der Waals surface area contributed by atoms with Gasteiger partial charge in [-0.25, -0.2) is 0 Å². The Bertz CT molecular complexity index is 2270. The third kappa shape index (κ3) is 3.88. The summed E-state index contributed by atoms with van der Waals surface area (Å²) in [5.74, 6) is 0. The van der Waals surface area contributed by atoms with Gasteiger partial charge in [0.05, 0.1) is 28.2 Å². The predicted octanol–water partition coefficient (Wildman–Crippen LogP) is 10.3. The standard InChI is InChI=1S/C43H34N4/c1-28-25-38(46-45-28)29-22-23-37-40(26-29)47(39-20-9-8-19-36(39)42(37,2)3)31-14-12-13-30(27-31)43(41-21-10-11-24-44-41)34-17-6-4-15-32(34)33-16-5-7-18-35(33)43/h4-27H,1-3H3,(H,45,46). The fourth-order valence-electron chi connectivity index (χ4n) is 8.15. The van der Waals surface area contributed by atoms with Crippen molar-refractivity contribution in [3.63, 3.8) is 0 Å². The molecule has 0 spiro atoms. The first-order chi connectivity index (χ1) is 23.0. The molecule has 7 aromatic rings. The van der Waals surface area contributed by atoms with Gasteiger partial charge in [0.2, 0.25) is 0 Å². The number of anilines is 3. The average Bonchev–Trinajstić information content (AvgIpc) is 3.68. The van der Waals surface area contributed by atoms with Crippen LogP contribution in [0.5, 0.6) is 0 Å². The van der Waals surface area contributed by atoms with Crippen LogP contribution in [-0.2, 0) is 10.8 Å². The summed E-state index contributed by atoms with van der Waals surface area (Å²) in [4.78, 5) is 7.51. The molecule has 2 aromatic heterocycles. The number of aromatic nitrogens is 3. The summed E-state index contributed by atoms with van der Waals surface area (Å²) in [5.41, 5.74) is 15.6. The van der Waals surface area contributed by atoms with Crippen LogP contribution >= 0.6 is 0 Å². The third-order valence-electron chi connectivity index (χ3n) is 10.3. The average molecular weight is 607 g/mol. The van der Waals surface area contributed by atoms with Crippen LogP contribution in [0.25, 0.3) is 22.4 Å². The Kier molecular flexibility index (Phi) is 5.94. The molecule has 4 heteroatoms. The summed E-state index contributed by atoms with van der Waals surface area (Å²) < 4.78 is 0. The number of pyridine rings is 1. The molecule has 2 aliphatic rings. The first kappa shape index (κ1) is 27.6. The molecule has 0 atom stereocenters. The van der Waals surface area contributed by atoms with Gasteiger partial charge in [-0.1, -0.05) is 111 Å². The van der Waals surface area contributed by atoms with E-state index >= 15 is 0 Å². The molecule has 0 unspecified atom stereocenters. The maximum Gasteiger partial charge on any atom is 0.0924 e. The highest BCUT2D eigenvalue weighted by molar-refractivity contribution is 5.90. The number of nitrogens with one attached hydrogen (secondary N) is 1. The van der Waals surface area contributed by atoms with E-state index in [-0.39, 0.29) is 5.41 Å². The van der Waals surface area contributed by atoms with Crippen molar-refractivity contribution in [1.82, 2.24) is 15.2 Å². The summed E-state index contributed by atoms with van der Waals surface area (Å²) in [6, 6.07) is 50.8. The summed E-state index contributed by atoms with van der Waals surface area (Å²) in [6.07, 6.45) is 1.92. The molecule has 0 amide bonds. The molecule has 9 rings (SSSR count). The van der Waals surface area contributed by atoms with E-state index in [0.29, 0.717) is 0 Å². The highest BCUT2D eigenvalue weighted by Gasteiger charge is 2.47. The first-order valence-corrected chi connectivity index (χ1v) is 16.3. The number of rotatable bonds is 4. The van der Waals surface area contributed by atoms with Crippen molar-refractivity contribution in [3.8, 4) is 22.4 Å². The second-order valence-electron chi connectivity index (χ2n) is 13.3. The van der Waals surface area contributed by atoms with Crippen LogP contribution in [0.2, 0.25) is 0 Å². The monoisotopic (exact) mass is 606 g/mol. The van der Waals surface area contributed by atoms with Gasteiger partial charge in [-0.15, -0.1) is 0 Å². The van der Waals surface area contributed by atoms with Crippen LogP contribution in [0, 0.1) is 6.92 Å². The molecule has 5 aromatic carbocycles. The fraction of sp³-hybridized carbons (Fsp3) is 0.116. The van der Waals surface area contributed by atoms with Gasteiger partial charge in [-0.2, -0.15) is 5.10 Å². The van der Waals surface area contributed by atoms with Crippen molar-refractivity contribution < 1.29 is 0 Å². The maximum atomic E-state index is 5.06. The summed E-state index contributed by atoms with van der Waals surface area (Å²) in [6.45, 7) is 6.71. The van der Waals surface area contributed by atoms with Gasteiger partial charge in [0.25, 0.3) is 0 Å². The molecule has 1 N–H and O–H groups in total. The normalized spacial score (nSPS) is 15.0. The molecule has 0 saturated heterocycles. The van der Waals surface area contributed by atoms with Gasteiger partial charge in [0.15, 0.2) is 0 Å². The maximum absolute atomic E-state index is 5.06. The summed E-state index contributed by atoms with van der Waals surface area (Å²) >= 11 is 0. The van der Waals surface area contributed by atoms with Crippen LogP contribution in [0.4, 0.5) is 17.1 Å². The van der Waals surface area contributed by atoms with Crippen molar-refractivity contribution in [2.75, 3.05) is 4.90 Å². The van der Waals surface area contributed by atoms with Crippen molar-refractivity contribution in [2.24, 2.45) is 0 Å². The Labute approximate surface area is 275 Å². The first-order valence-electron chi connectivity index (χ1n) is 16.3. The molecule has 0 saturated carbocycles. The topological polar surface area (TPSA) is 44.8 Å². The number of nitrogens with zero attached hydrogens (tertiary/aromatic N) is 3. The van der Waals surface area contributed by atoms with Crippen molar-refractivity contribution >= 4 is 17.1 Å². The highest BCUT2D eigenvalue weighted by Crippen LogP contribution is 2.57. The Balaban J connectivity index is 1.32. The minimum atomic E-state index is -0.573. The number of benzene rings is 5. The van der Waals surface area contributed by atoms with Gasteiger partial charge in [0, 0.05) is 28.6 Å². The molecular weight excluding hydrogens is 573 g/mol. The van der Waals surface area contributed by atoms with Crippen LogP contribution < -0.4 is 4.90 Å². The lowest BCUT2D eigenvalue weighted by Crippen LogP contribution is -2.32. The molecule has 1 aliphatic carbocycles. The van der Waals surface area contributed by atoms with Crippen LogP contribution in [0.3, 0.4) is 0 Å². The number of hydrogen-bond donors (Lipinski definition) is 1. The van der Waals surface area contributed by atoms with Gasteiger partial charge >= 0.3 is 0 Å². The van der Waals surface area contributed by atoms with E-state index < -0.39 is 5.41 Å². The lowest BCUT2D eigenvalue weighted by atomic mass is 9.69. The van der Waals surface area contributed by atoms with E-state index in [1.807, 2.05) is 19.2 Å². The smallest absolute Gasteiger partial charge is 0.0924 e. The van der Waals surface area contributed by atoms with Crippen LogP contribution in [-0.4, -0.2) is 15.2 Å². The summed E-state index contributed by atoms with van der Waals surface area (Å²) in [5, 5.41) is 7.74. The SMILES string of the molecule is Cc1cc(-c2ccc3c(c2)N(c2cccc(C4(c5ccccn5)c5ccccc5-c5ccccc54)c2)c2ccccc2C3(C)C)n[nH]1. The van der Waals surface area contributed by atoms with E-state index in [4.69, 9.17) is 4.98 Å². The molecular formula is C43H34N4. The molecule has 0 bridgehead atoms. The lowest BCUT2D eigenvalue weighted by Gasteiger charge is -2.42. The summed E-state index contributed by atoms with van der Waals surface area (Å²) in [7, 11) is 0. The largest absolute Gasteiger partial charge is 0.310 e. The molecule has 4 nitrogen and oxygen atoms in total. The molecule has 226 valence electrons. The van der Waals surface area contributed by atoms with Crippen molar-refractivity contribution in [3.05, 3.63) is 185 Å². The van der Waals surface area contributed by atoms with Gasteiger partial charge in [-0.3, -0.25) is 10.1 Å². The highest BCUT2D eigenvalue weighted by atomic mass is 15.2. The zero-order valence-electron chi connectivity index (χ0n) is 26.7. The Morgan fingerprint density at radius 2 is 1.28 bits per heavy atom. The van der Waals surface area contributed by atoms with Crippen LogP contribution in [0.1, 0.15) is 53.1 Å². The van der Waals surface area contributed by atoms with Crippen LogP contribution in [0.15, 0.2) is 146 Å². The lowest BCUT2D eigenvalue weighted by molar-refractivity contribution is 0.632. The number of hydrogen-bond acceptors (Lipinski definition) is 3. The number of aromatic amines is 1. The Hall–Kier alpha value is -5.74. The zero-order chi connectivity index (χ0) is 31.8. The minimum absolute atomic E-state index is 0.182.